The fraction of sp³-hybridized carbons (Fsp3) is 0.917. The fourth-order valence-electron chi connectivity index (χ4n) is 1.53. The van der Waals surface area contributed by atoms with E-state index in [0.717, 1.165) is 13.0 Å². The highest BCUT2D eigenvalue weighted by Crippen LogP contribution is 2.23. The van der Waals surface area contributed by atoms with Crippen molar-refractivity contribution in [1.29, 1.82) is 0 Å². The van der Waals surface area contributed by atoms with Gasteiger partial charge in [-0.05, 0) is 20.3 Å². The third-order valence-electron chi connectivity index (χ3n) is 2.93. The van der Waals surface area contributed by atoms with Crippen molar-refractivity contribution in [1.82, 2.24) is 10.6 Å². The largest absolute Gasteiger partial charge is 0.352 e. The van der Waals surface area contributed by atoms with Crippen LogP contribution in [0.3, 0.4) is 0 Å². The summed E-state index contributed by atoms with van der Waals surface area (Å²) in [6.45, 7) is 7.00. The second kappa shape index (κ2) is 8.27. The average Bonchev–Trinajstić information content (AvgIpc) is 2.36. The number of amides is 1. The molecular formula is C12H24N2OS2. The lowest BCUT2D eigenvalue weighted by atomic mass is 10.2. The van der Waals surface area contributed by atoms with Crippen LogP contribution in [0, 0.1) is 0 Å². The third kappa shape index (κ3) is 6.02. The van der Waals surface area contributed by atoms with Gasteiger partial charge in [0.25, 0.3) is 0 Å². The van der Waals surface area contributed by atoms with Gasteiger partial charge in [0, 0.05) is 35.1 Å². The van der Waals surface area contributed by atoms with Crippen LogP contribution in [0.2, 0.25) is 0 Å². The number of carbonyl (C=O) groups is 1. The lowest BCUT2D eigenvalue weighted by Crippen LogP contribution is -2.47. The standard InChI is InChI=1S/C12H24N2OS2/c1-4-9(2)14-12(15)10(3)13-7-11-8-16-5-6-17-11/h9-11,13H,4-8H2,1-3H3,(H,14,15). The van der Waals surface area contributed by atoms with Gasteiger partial charge in [-0.1, -0.05) is 6.92 Å². The zero-order chi connectivity index (χ0) is 12.7. The summed E-state index contributed by atoms with van der Waals surface area (Å²) in [6.07, 6.45) is 0.980. The van der Waals surface area contributed by atoms with E-state index in [-0.39, 0.29) is 18.0 Å². The normalized spacial score (nSPS) is 24.1. The predicted molar refractivity (Wildman–Crippen MR) is 78.9 cm³/mol. The highest BCUT2D eigenvalue weighted by molar-refractivity contribution is 8.06. The Morgan fingerprint density at radius 1 is 1.41 bits per heavy atom. The first-order chi connectivity index (χ1) is 8.13. The van der Waals surface area contributed by atoms with Gasteiger partial charge in [0.05, 0.1) is 6.04 Å². The van der Waals surface area contributed by atoms with Gasteiger partial charge in [0.2, 0.25) is 5.91 Å². The molecule has 1 rings (SSSR count). The van der Waals surface area contributed by atoms with E-state index >= 15 is 0 Å². The highest BCUT2D eigenvalue weighted by Gasteiger charge is 2.18. The van der Waals surface area contributed by atoms with Crippen LogP contribution in [0.25, 0.3) is 0 Å². The minimum absolute atomic E-state index is 0.0865. The van der Waals surface area contributed by atoms with Crippen molar-refractivity contribution in [3.05, 3.63) is 0 Å². The van der Waals surface area contributed by atoms with Gasteiger partial charge in [0.15, 0.2) is 0 Å². The molecule has 0 aromatic heterocycles. The van der Waals surface area contributed by atoms with Crippen LogP contribution in [0.1, 0.15) is 27.2 Å². The number of hydrogen-bond acceptors (Lipinski definition) is 4. The molecule has 0 spiro atoms. The van der Waals surface area contributed by atoms with E-state index in [1.54, 1.807) is 0 Å². The minimum Gasteiger partial charge on any atom is -0.352 e. The molecule has 1 aliphatic rings. The number of hydrogen-bond donors (Lipinski definition) is 2. The van der Waals surface area contributed by atoms with Crippen LogP contribution in [-0.4, -0.2) is 47.0 Å². The molecule has 1 aliphatic heterocycles. The first kappa shape index (κ1) is 15.2. The van der Waals surface area contributed by atoms with Crippen LogP contribution in [0.4, 0.5) is 0 Å². The Bertz CT molecular complexity index is 233. The van der Waals surface area contributed by atoms with Crippen LogP contribution in [0.5, 0.6) is 0 Å². The summed E-state index contributed by atoms with van der Waals surface area (Å²) >= 11 is 4.04. The van der Waals surface area contributed by atoms with Gasteiger partial charge in [-0.25, -0.2) is 0 Å². The average molecular weight is 276 g/mol. The zero-order valence-electron chi connectivity index (χ0n) is 11.0. The van der Waals surface area contributed by atoms with Crippen LogP contribution in [-0.2, 0) is 4.79 Å². The van der Waals surface area contributed by atoms with Crippen molar-refractivity contribution in [2.24, 2.45) is 0 Å². The van der Waals surface area contributed by atoms with E-state index < -0.39 is 0 Å². The van der Waals surface area contributed by atoms with E-state index in [9.17, 15) is 4.79 Å². The molecule has 0 aliphatic carbocycles. The summed E-state index contributed by atoms with van der Waals surface area (Å²) in [4.78, 5) is 11.8. The lowest BCUT2D eigenvalue weighted by molar-refractivity contribution is -0.123. The number of carbonyl (C=O) groups excluding carboxylic acids is 1. The number of rotatable bonds is 6. The van der Waals surface area contributed by atoms with Gasteiger partial charge in [0.1, 0.15) is 0 Å². The van der Waals surface area contributed by atoms with Crippen LogP contribution < -0.4 is 10.6 Å². The maximum absolute atomic E-state index is 11.8. The SMILES string of the molecule is CCC(C)NC(=O)C(C)NCC1CSCCS1. The zero-order valence-corrected chi connectivity index (χ0v) is 12.6. The molecule has 0 saturated carbocycles. The molecular weight excluding hydrogens is 252 g/mol. The minimum atomic E-state index is -0.0865. The first-order valence-corrected chi connectivity index (χ1v) is 8.57. The molecule has 0 radical (unpaired) electrons. The summed E-state index contributed by atoms with van der Waals surface area (Å²) in [5.74, 6) is 3.83. The molecule has 3 unspecified atom stereocenters. The third-order valence-corrected chi connectivity index (χ3v) is 5.78. The monoisotopic (exact) mass is 276 g/mol. The number of nitrogens with one attached hydrogen (secondary N) is 2. The molecule has 5 heteroatoms. The summed E-state index contributed by atoms with van der Waals surface area (Å²) in [6, 6.07) is 0.183. The summed E-state index contributed by atoms with van der Waals surface area (Å²) in [5, 5.41) is 7.00. The van der Waals surface area contributed by atoms with E-state index in [4.69, 9.17) is 0 Å². The Morgan fingerprint density at radius 3 is 2.76 bits per heavy atom. The molecule has 1 amide bonds. The highest BCUT2D eigenvalue weighted by atomic mass is 32.2. The topological polar surface area (TPSA) is 41.1 Å². The van der Waals surface area contributed by atoms with Crippen molar-refractivity contribution in [3.8, 4) is 0 Å². The molecule has 17 heavy (non-hydrogen) atoms. The summed E-state index contributed by atoms with van der Waals surface area (Å²) < 4.78 is 0. The van der Waals surface area contributed by atoms with Crippen molar-refractivity contribution in [2.75, 3.05) is 23.8 Å². The second-order valence-electron chi connectivity index (χ2n) is 4.52. The van der Waals surface area contributed by atoms with Crippen molar-refractivity contribution >= 4 is 29.4 Å². The second-order valence-corrected chi connectivity index (χ2v) is 7.07. The number of thioether (sulfide) groups is 2. The van der Waals surface area contributed by atoms with Crippen LogP contribution >= 0.6 is 23.5 Å². The molecule has 3 atom stereocenters. The predicted octanol–water partition coefficient (Wildman–Crippen LogP) is 1.73. The van der Waals surface area contributed by atoms with Crippen molar-refractivity contribution in [3.63, 3.8) is 0 Å². The van der Waals surface area contributed by atoms with Gasteiger partial charge in [-0.2, -0.15) is 23.5 Å². The smallest absolute Gasteiger partial charge is 0.237 e. The van der Waals surface area contributed by atoms with Gasteiger partial charge in [-0.3, -0.25) is 4.79 Å². The van der Waals surface area contributed by atoms with Gasteiger partial charge in [-0.15, -0.1) is 0 Å². The molecule has 0 aromatic carbocycles. The maximum atomic E-state index is 11.8. The molecule has 1 heterocycles. The Morgan fingerprint density at radius 2 is 2.18 bits per heavy atom. The quantitative estimate of drug-likeness (QED) is 0.775. The van der Waals surface area contributed by atoms with Crippen molar-refractivity contribution < 1.29 is 4.79 Å². The molecule has 100 valence electrons. The molecule has 0 aromatic rings. The summed E-state index contributed by atoms with van der Waals surface area (Å²) in [5.41, 5.74) is 0. The molecule has 1 saturated heterocycles. The molecule has 3 nitrogen and oxygen atoms in total. The Balaban J connectivity index is 2.18. The van der Waals surface area contributed by atoms with E-state index in [0.29, 0.717) is 5.25 Å². The van der Waals surface area contributed by atoms with Crippen LogP contribution in [0.15, 0.2) is 0 Å². The van der Waals surface area contributed by atoms with Gasteiger partial charge < -0.3 is 10.6 Å². The van der Waals surface area contributed by atoms with E-state index in [1.807, 2.05) is 37.4 Å². The lowest BCUT2D eigenvalue weighted by Gasteiger charge is -2.23. The Kier molecular flexibility index (Phi) is 7.39. The maximum Gasteiger partial charge on any atom is 0.237 e. The fourth-order valence-corrected chi connectivity index (χ4v) is 4.15. The van der Waals surface area contributed by atoms with Crippen molar-refractivity contribution in [2.45, 2.75) is 44.5 Å². The molecule has 2 N–H and O–H groups in total. The molecule has 0 bridgehead atoms. The first-order valence-electron chi connectivity index (χ1n) is 6.36. The molecule has 1 fully saturated rings. The Hall–Kier alpha value is 0.130. The summed E-state index contributed by atoms with van der Waals surface area (Å²) in [7, 11) is 0. The van der Waals surface area contributed by atoms with E-state index in [2.05, 4.69) is 17.6 Å². The Labute approximate surface area is 113 Å². The van der Waals surface area contributed by atoms with E-state index in [1.165, 1.54) is 17.3 Å². The van der Waals surface area contributed by atoms with Gasteiger partial charge >= 0.3 is 0 Å².